The topological polar surface area (TPSA) is 69.4 Å². The van der Waals surface area contributed by atoms with Gasteiger partial charge in [-0.25, -0.2) is 15.0 Å². The van der Waals surface area contributed by atoms with Gasteiger partial charge in [-0.1, -0.05) is 84.9 Å². The van der Waals surface area contributed by atoms with E-state index in [4.69, 9.17) is 15.0 Å². The van der Waals surface area contributed by atoms with Gasteiger partial charge in [0.15, 0.2) is 11.6 Å². The molecule has 0 spiro atoms. The summed E-state index contributed by atoms with van der Waals surface area (Å²) in [6, 6.07) is 32.9. The lowest BCUT2D eigenvalue weighted by atomic mass is 10.1. The highest BCUT2D eigenvalue weighted by molar-refractivity contribution is 7.25. The molecular formula is C31H18N6S. The highest BCUT2D eigenvalue weighted by atomic mass is 32.1. The Balaban J connectivity index is 1.54. The first-order chi connectivity index (χ1) is 18.8. The summed E-state index contributed by atoms with van der Waals surface area (Å²) in [6.45, 7) is 0. The van der Waals surface area contributed by atoms with E-state index in [0.29, 0.717) is 17.6 Å². The van der Waals surface area contributed by atoms with Crippen LogP contribution in [0.4, 0.5) is 0 Å². The van der Waals surface area contributed by atoms with Crippen LogP contribution in [0.15, 0.2) is 110 Å². The van der Waals surface area contributed by atoms with E-state index in [1.54, 1.807) is 17.7 Å². The quantitative estimate of drug-likeness (QED) is 0.249. The Bertz CT molecular complexity index is 2070. The first-order valence-electron chi connectivity index (χ1n) is 12.3. The summed E-state index contributed by atoms with van der Waals surface area (Å²) < 4.78 is 4.37. The SMILES string of the molecule is c1ccc(-c2nc(-c3ccccc3)nc(-n3c4ccccc4c4ccc5sc6cncnc6c5c43)n2)cc1. The molecule has 0 aliphatic rings. The number of hydrogen-bond donors (Lipinski definition) is 0. The van der Waals surface area contributed by atoms with Gasteiger partial charge in [-0.2, -0.15) is 9.97 Å². The van der Waals surface area contributed by atoms with Gasteiger partial charge in [-0.05, 0) is 12.1 Å². The van der Waals surface area contributed by atoms with Crippen LogP contribution in [-0.4, -0.2) is 29.5 Å². The summed E-state index contributed by atoms with van der Waals surface area (Å²) in [7, 11) is 0. The minimum atomic E-state index is 0.574. The highest BCUT2D eigenvalue weighted by Crippen LogP contribution is 2.41. The number of benzene rings is 4. The number of fused-ring (bicyclic) bond motifs is 7. The number of para-hydroxylation sites is 1. The zero-order chi connectivity index (χ0) is 25.1. The minimum Gasteiger partial charge on any atom is -0.277 e. The molecule has 8 rings (SSSR count). The fourth-order valence-electron chi connectivity index (χ4n) is 5.16. The molecule has 4 heterocycles. The number of aromatic nitrogens is 6. The van der Waals surface area contributed by atoms with E-state index in [-0.39, 0.29) is 0 Å². The first-order valence-corrected chi connectivity index (χ1v) is 13.1. The Morgan fingerprint density at radius 3 is 2.03 bits per heavy atom. The lowest BCUT2D eigenvalue weighted by molar-refractivity contribution is 0.955. The summed E-state index contributed by atoms with van der Waals surface area (Å²) in [5, 5.41) is 3.36. The molecule has 0 N–H and O–H groups in total. The van der Waals surface area contributed by atoms with Gasteiger partial charge in [0.1, 0.15) is 6.33 Å². The van der Waals surface area contributed by atoms with Crippen molar-refractivity contribution in [2.24, 2.45) is 0 Å². The van der Waals surface area contributed by atoms with Crippen molar-refractivity contribution >= 4 is 53.4 Å². The lowest BCUT2D eigenvalue weighted by Crippen LogP contribution is -2.06. The molecule has 0 aliphatic heterocycles. The molecular weight excluding hydrogens is 488 g/mol. The van der Waals surface area contributed by atoms with Crippen molar-refractivity contribution in [1.29, 1.82) is 0 Å². The Kier molecular flexibility index (Phi) is 4.59. The molecule has 4 aromatic carbocycles. The largest absolute Gasteiger partial charge is 0.277 e. The molecule has 0 bridgehead atoms. The smallest absolute Gasteiger partial charge is 0.238 e. The Labute approximate surface area is 220 Å². The second kappa shape index (κ2) is 8.26. The maximum atomic E-state index is 5.05. The maximum Gasteiger partial charge on any atom is 0.238 e. The van der Waals surface area contributed by atoms with Gasteiger partial charge in [0.25, 0.3) is 0 Å². The summed E-state index contributed by atoms with van der Waals surface area (Å²) in [4.78, 5) is 24.0. The van der Waals surface area contributed by atoms with Gasteiger partial charge >= 0.3 is 0 Å². The molecule has 0 saturated carbocycles. The third-order valence-corrected chi connectivity index (χ3v) is 7.90. The van der Waals surface area contributed by atoms with Crippen molar-refractivity contribution < 1.29 is 0 Å². The maximum absolute atomic E-state index is 5.05. The zero-order valence-corrected chi connectivity index (χ0v) is 20.8. The number of thiophene rings is 1. The second-order valence-corrected chi connectivity index (χ2v) is 10.1. The molecule has 0 fully saturated rings. The van der Waals surface area contributed by atoms with Gasteiger partial charge in [0.05, 0.1) is 21.3 Å². The van der Waals surface area contributed by atoms with E-state index in [1.165, 1.54) is 0 Å². The van der Waals surface area contributed by atoms with E-state index >= 15 is 0 Å². The molecule has 0 radical (unpaired) electrons. The van der Waals surface area contributed by atoms with E-state index in [9.17, 15) is 0 Å². The van der Waals surface area contributed by atoms with Crippen LogP contribution >= 0.6 is 11.3 Å². The van der Waals surface area contributed by atoms with Crippen LogP contribution in [0.1, 0.15) is 0 Å². The van der Waals surface area contributed by atoms with E-state index in [2.05, 4.69) is 50.9 Å². The molecule has 0 atom stereocenters. The van der Waals surface area contributed by atoms with Crippen LogP contribution in [0.2, 0.25) is 0 Å². The Morgan fingerprint density at radius 2 is 1.29 bits per heavy atom. The summed E-state index contributed by atoms with van der Waals surface area (Å²) >= 11 is 1.70. The minimum absolute atomic E-state index is 0.574. The van der Waals surface area contributed by atoms with Crippen molar-refractivity contribution in [1.82, 2.24) is 29.5 Å². The molecule has 8 aromatic rings. The number of hydrogen-bond acceptors (Lipinski definition) is 6. The summed E-state index contributed by atoms with van der Waals surface area (Å²) in [5.41, 5.74) is 4.89. The van der Waals surface area contributed by atoms with Gasteiger partial charge in [-0.15, -0.1) is 11.3 Å². The second-order valence-electron chi connectivity index (χ2n) is 9.04. The van der Waals surface area contributed by atoms with Gasteiger partial charge < -0.3 is 0 Å². The molecule has 0 saturated heterocycles. The van der Waals surface area contributed by atoms with E-state index < -0.39 is 0 Å². The van der Waals surface area contributed by atoms with E-state index in [1.807, 2.05) is 66.9 Å². The third kappa shape index (κ3) is 3.16. The van der Waals surface area contributed by atoms with Crippen LogP contribution < -0.4 is 0 Å². The normalized spacial score (nSPS) is 11.7. The van der Waals surface area contributed by atoms with Crippen LogP contribution in [0.5, 0.6) is 0 Å². The standard InChI is InChI=1S/C31H18N6S/c1-3-9-19(10-4-1)29-34-30(20-11-5-2-6-12-20)36-31(35-29)37-23-14-8-7-13-21(23)22-15-16-24-26(28(22)37)27-25(38-24)17-32-18-33-27/h1-18H. The molecule has 0 unspecified atom stereocenters. The number of nitrogens with zero attached hydrogens (tertiary/aromatic N) is 6. The van der Waals surface area contributed by atoms with Gasteiger partial charge in [0.2, 0.25) is 5.95 Å². The fourth-order valence-corrected chi connectivity index (χ4v) is 6.19. The zero-order valence-electron chi connectivity index (χ0n) is 20.0. The van der Waals surface area contributed by atoms with Crippen molar-refractivity contribution in [3.05, 3.63) is 110 Å². The molecule has 0 aliphatic carbocycles. The predicted octanol–water partition coefficient (Wildman–Crippen LogP) is 7.46. The first kappa shape index (κ1) is 21.1. The molecule has 178 valence electrons. The average Bonchev–Trinajstić information content (AvgIpc) is 3.53. The van der Waals surface area contributed by atoms with Crippen LogP contribution in [0.25, 0.3) is 70.8 Å². The third-order valence-electron chi connectivity index (χ3n) is 6.82. The number of rotatable bonds is 3. The fraction of sp³-hybridized carbons (Fsp3) is 0. The van der Waals surface area contributed by atoms with Crippen molar-refractivity contribution in [2.75, 3.05) is 0 Å². The summed E-state index contributed by atoms with van der Waals surface area (Å²) in [6.07, 6.45) is 3.50. The van der Waals surface area contributed by atoms with Crippen molar-refractivity contribution in [3.63, 3.8) is 0 Å². The molecule has 38 heavy (non-hydrogen) atoms. The van der Waals surface area contributed by atoms with Gasteiger partial charge in [-0.3, -0.25) is 4.57 Å². The van der Waals surface area contributed by atoms with Crippen molar-refractivity contribution in [3.8, 4) is 28.7 Å². The lowest BCUT2D eigenvalue weighted by Gasteiger charge is -2.11. The Hall–Kier alpha value is -5.01. The van der Waals surface area contributed by atoms with Gasteiger partial charge in [0, 0.05) is 38.2 Å². The molecule has 6 nitrogen and oxygen atoms in total. The van der Waals surface area contributed by atoms with Crippen LogP contribution in [-0.2, 0) is 0 Å². The average molecular weight is 507 g/mol. The summed E-state index contributed by atoms with van der Waals surface area (Å²) in [5.74, 6) is 1.83. The highest BCUT2D eigenvalue weighted by Gasteiger charge is 2.21. The van der Waals surface area contributed by atoms with E-state index in [0.717, 1.165) is 53.2 Å². The van der Waals surface area contributed by atoms with Crippen LogP contribution in [0, 0.1) is 0 Å². The monoisotopic (exact) mass is 506 g/mol. The predicted molar refractivity (Wildman–Crippen MR) is 154 cm³/mol. The van der Waals surface area contributed by atoms with Crippen molar-refractivity contribution in [2.45, 2.75) is 0 Å². The molecule has 4 aromatic heterocycles. The molecule has 7 heteroatoms. The van der Waals surface area contributed by atoms with Crippen LogP contribution in [0.3, 0.4) is 0 Å². The Morgan fingerprint density at radius 1 is 0.605 bits per heavy atom. The molecule has 0 amide bonds.